The minimum atomic E-state index is -0.298. The largest absolute Gasteiger partial charge is 0.497 e. The van der Waals surface area contributed by atoms with Gasteiger partial charge in [0.05, 0.1) is 12.8 Å². The molecule has 0 unspecified atom stereocenters. The topological polar surface area (TPSA) is 55.0 Å². The number of hydrogen-bond donors (Lipinski definition) is 0. The number of pyridine rings is 1. The summed E-state index contributed by atoms with van der Waals surface area (Å²) in [4.78, 5) is 12.3. The number of nitriles is 1. The van der Waals surface area contributed by atoms with E-state index >= 15 is 0 Å². The molecule has 4 heteroatoms. The van der Waals surface area contributed by atoms with Crippen LogP contribution in [-0.4, -0.2) is 11.7 Å². The van der Waals surface area contributed by atoms with E-state index in [-0.39, 0.29) is 11.1 Å². The molecular formula is C15H14N2O2. The van der Waals surface area contributed by atoms with Gasteiger partial charge in [0.1, 0.15) is 17.4 Å². The minimum absolute atomic E-state index is 0.174. The van der Waals surface area contributed by atoms with Crippen molar-refractivity contribution in [1.29, 1.82) is 5.26 Å². The van der Waals surface area contributed by atoms with Crippen molar-refractivity contribution in [3.05, 3.63) is 57.5 Å². The van der Waals surface area contributed by atoms with Crippen LogP contribution in [0, 0.1) is 25.2 Å². The van der Waals surface area contributed by atoms with Crippen LogP contribution < -0.4 is 10.3 Å². The van der Waals surface area contributed by atoms with Crippen molar-refractivity contribution >= 4 is 0 Å². The van der Waals surface area contributed by atoms with Gasteiger partial charge in [-0.1, -0.05) is 6.07 Å². The maximum Gasteiger partial charge on any atom is 0.273 e. The highest BCUT2D eigenvalue weighted by atomic mass is 16.5. The lowest BCUT2D eigenvalue weighted by atomic mass is 10.1. The van der Waals surface area contributed by atoms with E-state index < -0.39 is 0 Å². The van der Waals surface area contributed by atoms with E-state index in [0.29, 0.717) is 17.0 Å². The molecule has 0 saturated carbocycles. The van der Waals surface area contributed by atoms with E-state index in [4.69, 9.17) is 10.00 Å². The molecule has 2 rings (SSSR count). The van der Waals surface area contributed by atoms with Crippen LogP contribution in [-0.2, 0) is 0 Å². The second-order valence-electron chi connectivity index (χ2n) is 4.30. The summed E-state index contributed by atoms with van der Waals surface area (Å²) in [5, 5.41) is 9.07. The van der Waals surface area contributed by atoms with Gasteiger partial charge in [-0.15, -0.1) is 0 Å². The molecule has 0 spiro atoms. The number of benzene rings is 1. The first kappa shape index (κ1) is 12.9. The number of rotatable bonds is 2. The van der Waals surface area contributed by atoms with Crippen molar-refractivity contribution in [1.82, 2.24) is 4.57 Å². The molecule has 0 aliphatic carbocycles. The number of nitrogens with zero attached hydrogens (tertiary/aromatic N) is 2. The molecule has 1 aromatic heterocycles. The summed E-state index contributed by atoms with van der Waals surface area (Å²) < 4.78 is 6.68. The van der Waals surface area contributed by atoms with Crippen LogP contribution in [0.4, 0.5) is 0 Å². The fourth-order valence-corrected chi connectivity index (χ4v) is 2.10. The molecule has 0 aliphatic heterocycles. The Balaban J connectivity index is 2.76. The SMILES string of the molecule is COc1cccc(-n2c(C)cc(C)c(C#N)c2=O)c1. The third-order valence-corrected chi connectivity index (χ3v) is 3.01. The van der Waals surface area contributed by atoms with Crippen molar-refractivity contribution in [2.75, 3.05) is 7.11 Å². The Hall–Kier alpha value is -2.54. The summed E-state index contributed by atoms with van der Waals surface area (Å²) in [5.41, 5.74) is 2.05. The van der Waals surface area contributed by atoms with Gasteiger partial charge in [-0.3, -0.25) is 9.36 Å². The second kappa shape index (κ2) is 4.99. The Morgan fingerprint density at radius 2 is 2.00 bits per heavy atom. The van der Waals surface area contributed by atoms with E-state index in [0.717, 1.165) is 5.69 Å². The zero-order chi connectivity index (χ0) is 14.0. The molecular weight excluding hydrogens is 240 g/mol. The van der Waals surface area contributed by atoms with Crippen LogP contribution in [0.1, 0.15) is 16.8 Å². The fourth-order valence-electron chi connectivity index (χ4n) is 2.10. The maximum atomic E-state index is 12.3. The molecule has 0 radical (unpaired) electrons. The molecule has 0 N–H and O–H groups in total. The first-order valence-corrected chi connectivity index (χ1v) is 5.86. The monoisotopic (exact) mass is 254 g/mol. The van der Waals surface area contributed by atoms with Gasteiger partial charge in [-0.2, -0.15) is 5.26 Å². The molecule has 0 amide bonds. The summed E-state index contributed by atoms with van der Waals surface area (Å²) >= 11 is 0. The van der Waals surface area contributed by atoms with Crippen LogP contribution in [0.3, 0.4) is 0 Å². The lowest BCUT2D eigenvalue weighted by molar-refractivity contribution is 0.414. The molecule has 0 fully saturated rings. The Labute approximate surface area is 111 Å². The summed E-state index contributed by atoms with van der Waals surface area (Å²) in [6, 6.07) is 11.0. The molecule has 0 atom stereocenters. The van der Waals surface area contributed by atoms with Crippen molar-refractivity contribution in [2.45, 2.75) is 13.8 Å². The van der Waals surface area contributed by atoms with E-state index in [1.54, 1.807) is 20.1 Å². The maximum absolute atomic E-state index is 12.3. The quantitative estimate of drug-likeness (QED) is 0.826. The molecule has 1 aromatic carbocycles. The normalized spacial score (nSPS) is 10.0. The Bertz CT molecular complexity index is 724. The molecule has 2 aromatic rings. The molecule has 0 saturated heterocycles. The van der Waals surface area contributed by atoms with Gasteiger partial charge in [0, 0.05) is 11.8 Å². The van der Waals surface area contributed by atoms with Gasteiger partial charge in [-0.05, 0) is 37.6 Å². The van der Waals surface area contributed by atoms with Gasteiger partial charge in [0.15, 0.2) is 0 Å². The third kappa shape index (κ3) is 2.23. The molecule has 1 heterocycles. The van der Waals surface area contributed by atoms with Gasteiger partial charge >= 0.3 is 0 Å². The predicted octanol–water partition coefficient (Wildman–Crippen LogP) is 2.33. The van der Waals surface area contributed by atoms with Crippen LogP contribution >= 0.6 is 0 Å². The van der Waals surface area contributed by atoms with Crippen molar-refractivity contribution in [3.63, 3.8) is 0 Å². The van der Waals surface area contributed by atoms with Crippen molar-refractivity contribution < 1.29 is 4.74 Å². The molecule has 19 heavy (non-hydrogen) atoms. The van der Waals surface area contributed by atoms with E-state index in [2.05, 4.69) is 0 Å². The highest BCUT2D eigenvalue weighted by Crippen LogP contribution is 2.17. The highest BCUT2D eigenvalue weighted by molar-refractivity contribution is 5.45. The average molecular weight is 254 g/mol. The van der Waals surface area contributed by atoms with E-state index in [1.165, 1.54) is 4.57 Å². The zero-order valence-electron chi connectivity index (χ0n) is 11.1. The highest BCUT2D eigenvalue weighted by Gasteiger charge is 2.11. The first-order valence-electron chi connectivity index (χ1n) is 5.86. The van der Waals surface area contributed by atoms with E-state index in [9.17, 15) is 4.79 Å². The predicted molar refractivity (Wildman–Crippen MR) is 72.8 cm³/mol. The Morgan fingerprint density at radius 3 is 2.63 bits per heavy atom. The Morgan fingerprint density at radius 1 is 1.26 bits per heavy atom. The summed E-state index contributed by atoms with van der Waals surface area (Å²) in [6.45, 7) is 3.61. The Kier molecular flexibility index (Phi) is 3.39. The third-order valence-electron chi connectivity index (χ3n) is 3.01. The number of methoxy groups -OCH3 is 1. The zero-order valence-corrected chi connectivity index (χ0v) is 11.1. The summed E-state index contributed by atoms with van der Waals surface area (Å²) in [5.74, 6) is 0.669. The van der Waals surface area contributed by atoms with Crippen LogP contribution in [0.2, 0.25) is 0 Å². The summed E-state index contributed by atoms with van der Waals surface area (Å²) in [7, 11) is 1.57. The van der Waals surface area contributed by atoms with Crippen LogP contribution in [0.5, 0.6) is 5.75 Å². The minimum Gasteiger partial charge on any atom is -0.497 e. The smallest absolute Gasteiger partial charge is 0.273 e. The van der Waals surface area contributed by atoms with Gasteiger partial charge < -0.3 is 4.74 Å². The van der Waals surface area contributed by atoms with Gasteiger partial charge in [0.2, 0.25) is 0 Å². The molecule has 96 valence electrons. The van der Waals surface area contributed by atoms with Crippen molar-refractivity contribution in [2.24, 2.45) is 0 Å². The molecule has 4 nitrogen and oxygen atoms in total. The lowest BCUT2D eigenvalue weighted by Crippen LogP contribution is -2.24. The number of aromatic nitrogens is 1. The van der Waals surface area contributed by atoms with Crippen LogP contribution in [0.15, 0.2) is 35.1 Å². The first-order chi connectivity index (χ1) is 9.08. The average Bonchev–Trinajstić information content (AvgIpc) is 2.39. The number of hydrogen-bond acceptors (Lipinski definition) is 3. The van der Waals surface area contributed by atoms with Crippen molar-refractivity contribution in [3.8, 4) is 17.5 Å². The number of aryl methyl sites for hydroxylation is 2. The van der Waals surface area contributed by atoms with Gasteiger partial charge in [-0.25, -0.2) is 0 Å². The second-order valence-corrected chi connectivity index (χ2v) is 4.30. The standard InChI is InChI=1S/C15H14N2O2/c1-10-7-11(2)17(15(18)14(10)9-16)12-5-4-6-13(8-12)19-3/h4-8H,1-3H3. The fraction of sp³-hybridized carbons (Fsp3) is 0.200. The van der Waals surface area contributed by atoms with Gasteiger partial charge in [0.25, 0.3) is 5.56 Å². The lowest BCUT2D eigenvalue weighted by Gasteiger charge is -2.12. The molecule has 0 aliphatic rings. The molecule has 0 bridgehead atoms. The summed E-state index contributed by atoms with van der Waals surface area (Å²) in [6.07, 6.45) is 0. The van der Waals surface area contributed by atoms with Crippen LogP contribution in [0.25, 0.3) is 5.69 Å². The number of ether oxygens (including phenoxy) is 1. The van der Waals surface area contributed by atoms with E-state index in [1.807, 2.05) is 37.3 Å².